The van der Waals surface area contributed by atoms with Crippen molar-refractivity contribution in [3.63, 3.8) is 0 Å². The number of amides is 4. The molecule has 2 aromatic rings. The number of aliphatic carboxylic acids is 1. The number of carboxylic acids is 1. The first-order valence-corrected chi connectivity index (χ1v) is 12.7. The highest BCUT2D eigenvalue weighted by Crippen LogP contribution is 2.18. The van der Waals surface area contributed by atoms with Gasteiger partial charge in [-0.1, -0.05) is 12.1 Å². The van der Waals surface area contributed by atoms with Crippen molar-refractivity contribution in [3.8, 4) is 0 Å². The van der Waals surface area contributed by atoms with Gasteiger partial charge in [-0.3, -0.25) is 34.8 Å². The lowest BCUT2D eigenvalue weighted by Gasteiger charge is -2.40. The van der Waals surface area contributed by atoms with Crippen LogP contribution >= 0.6 is 0 Å². The van der Waals surface area contributed by atoms with Crippen molar-refractivity contribution in [2.75, 3.05) is 31.5 Å². The second kappa shape index (κ2) is 13.7. The number of hydrogen-bond donors (Lipinski definition) is 7. The Kier molecular flexibility index (Phi) is 10.1. The summed E-state index contributed by atoms with van der Waals surface area (Å²) in [5, 5.41) is 29.2. The van der Waals surface area contributed by atoms with Gasteiger partial charge in [-0.05, 0) is 49.2 Å². The Morgan fingerprint density at radius 1 is 0.902 bits per heavy atom. The fraction of sp³-hybridized carbons (Fsp3) is 0.296. The van der Waals surface area contributed by atoms with Crippen LogP contribution in [0.5, 0.6) is 0 Å². The molecule has 0 saturated carbocycles. The zero-order valence-corrected chi connectivity index (χ0v) is 22.2. The first-order valence-electron chi connectivity index (χ1n) is 12.7. The van der Waals surface area contributed by atoms with E-state index in [1.165, 1.54) is 29.2 Å². The van der Waals surface area contributed by atoms with Gasteiger partial charge >= 0.3 is 5.97 Å². The fourth-order valence-corrected chi connectivity index (χ4v) is 4.31. The monoisotopic (exact) mass is 564 g/mol. The molecule has 1 fully saturated rings. The number of carboxylic acid groups (broad SMARTS) is 1. The van der Waals surface area contributed by atoms with Crippen LogP contribution in [0.25, 0.3) is 0 Å². The topological polar surface area (TPSA) is 236 Å². The van der Waals surface area contributed by atoms with E-state index in [2.05, 4.69) is 10.6 Å². The molecule has 2 aromatic carbocycles. The van der Waals surface area contributed by atoms with Crippen molar-refractivity contribution in [2.45, 2.75) is 25.3 Å². The molecule has 0 aromatic heterocycles. The smallest absolute Gasteiger partial charge is 0.323 e. The molecule has 14 heteroatoms. The molecule has 3 rings (SSSR count). The molecule has 9 N–H and O–H groups in total. The summed E-state index contributed by atoms with van der Waals surface area (Å²) in [6.07, 6.45) is 0.372. The van der Waals surface area contributed by atoms with Crippen LogP contribution in [-0.4, -0.2) is 88.4 Å². The molecule has 1 heterocycles. The van der Waals surface area contributed by atoms with E-state index >= 15 is 0 Å². The SMILES string of the molecule is N=C(N)c1ccc(NC(=O)CCCC2C(=O)N(CC(=O)O)CCN2C(=O)CNC(=O)c2ccc(C(=N)N)cc2)cc1. The van der Waals surface area contributed by atoms with Crippen LogP contribution in [0, 0.1) is 10.8 Å². The number of amidine groups is 2. The summed E-state index contributed by atoms with van der Waals surface area (Å²) in [6, 6.07) is 11.4. The molecule has 1 aliphatic heterocycles. The molecule has 1 atom stereocenters. The van der Waals surface area contributed by atoms with Crippen molar-refractivity contribution < 1.29 is 29.1 Å². The van der Waals surface area contributed by atoms with Crippen molar-refractivity contribution >= 4 is 47.0 Å². The Bertz CT molecular complexity index is 1340. The van der Waals surface area contributed by atoms with Gasteiger partial charge in [0.05, 0.1) is 6.54 Å². The molecule has 0 spiro atoms. The predicted octanol–water partition coefficient (Wildman–Crippen LogP) is -0.0825. The third kappa shape index (κ3) is 8.36. The highest BCUT2D eigenvalue weighted by atomic mass is 16.4. The number of anilines is 1. The number of benzene rings is 2. The highest BCUT2D eigenvalue weighted by Gasteiger charge is 2.37. The van der Waals surface area contributed by atoms with Crippen LogP contribution in [0.1, 0.15) is 40.7 Å². The van der Waals surface area contributed by atoms with E-state index in [1.54, 1.807) is 24.3 Å². The number of carbonyl (C=O) groups is 5. The Balaban J connectivity index is 1.60. The van der Waals surface area contributed by atoms with Crippen LogP contribution in [0.4, 0.5) is 5.69 Å². The molecule has 0 radical (unpaired) electrons. The van der Waals surface area contributed by atoms with Crippen molar-refractivity contribution in [1.29, 1.82) is 10.8 Å². The maximum atomic E-state index is 13.1. The number of piperazine rings is 1. The quantitative estimate of drug-likeness (QED) is 0.136. The number of nitrogens with two attached hydrogens (primary N) is 2. The maximum Gasteiger partial charge on any atom is 0.323 e. The standard InChI is InChI=1S/C27H32N8O6/c28-24(29)16-4-6-18(7-5-16)26(40)32-14-22(37)35-13-12-34(15-23(38)39)27(41)20(35)2-1-3-21(36)33-19-10-8-17(9-11-19)25(30)31/h4-11,20H,1-3,12-15H2,(H3,28,29)(H3,30,31)(H,32,40)(H,33,36)(H,38,39). The van der Waals surface area contributed by atoms with Gasteiger partial charge in [-0.2, -0.15) is 0 Å². The van der Waals surface area contributed by atoms with Crippen molar-refractivity contribution in [2.24, 2.45) is 11.5 Å². The van der Waals surface area contributed by atoms with Crippen molar-refractivity contribution in [1.82, 2.24) is 15.1 Å². The minimum Gasteiger partial charge on any atom is -0.480 e. The van der Waals surface area contributed by atoms with E-state index in [0.717, 1.165) is 4.90 Å². The number of nitrogens with zero attached hydrogens (tertiary/aromatic N) is 2. The summed E-state index contributed by atoms with van der Waals surface area (Å²) in [4.78, 5) is 64.8. The molecular formula is C27H32N8O6. The summed E-state index contributed by atoms with van der Waals surface area (Å²) in [6.45, 7) is -0.821. The van der Waals surface area contributed by atoms with Gasteiger partial charge in [-0.25, -0.2) is 0 Å². The van der Waals surface area contributed by atoms with Crippen LogP contribution in [0.3, 0.4) is 0 Å². The summed E-state index contributed by atoms with van der Waals surface area (Å²) >= 11 is 0. The number of rotatable bonds is 12. The second-order valence-corrected chi connectivity index (χ2v) is 9.36. The average Bonchev–Trinajstić information content (AvgIpc) is 2.93. The third-order valence-corrected chi connectivity index (χ3v) is 6.45. The van der Waals surface area contributed by atoms with Crippen LogP contribution in [0.2, 0.25) is 0 Å². The molecule has 14 nitrogen and oxygen atoms in total. The summed E-state index contributed by atoms with van der Waals surface area (Å²) < 4.78 is 0. The number of hydrogen-bond acceptors (Lipinski definition) is 7. The average molecular weight is 565 g/mol. The number of nitrogen functional groups attached to an aromatic ring is 2. The largest absolute Gasteiger partial charge is 0.480 e. The number of carbonyl (C=O) groups excluding carboxylic acids is 4. The van der Waals surface area contributed by atoms with Gasteiger partial charge in [0.1, 0.15) is 24.3 Å². The molecule has 0 bridgehead atoms. The van der Waals surface area contributed by atoms with E-state index in [9.17, 15) is 29.1 Å². The first kappa shape index (κ1) is 30.3. The summed E-state index contributed by atoms with van der Waals surface area (Å²) in [5.41, 5.74) is 12.6. The van der Waals surface area contributed by atoms with Crippen molar-refractivity contribution in [3.05, 3.63) is 65.2 Å². The van der Waals surface area contributed by atoms with E-state index < -0.39 is 42.8 Å². The van der Waals surface area contributed by atoms with Gasteiger partial charge in [0.25, 0.3) is 5.91 Å². The normalized spacial score (nSPS) is 14.7. The number of nitrogens with one attached hydrogen (secondary N) is 4. The molecule has 0 aliphatic carbocycles. The predicted molar refractivity (Wildman–Crippen MR) is 149 cm³/mol. The Hall–Kier alpha value is -5.27. The summed E-state index contributed by atoms with van der Waals surface area (Å²) in [7, 11) is 0. The Morgan fingerprint density at radius 2 is 1.46 bits per heavy atom. The molecule has 1 unspecified atom stereocenters. The third-order valence-electron chi connectivity index (χ3n) is 6.45. The maximum absolute atomic E-state index is 13.1. The molecule has 1 aliphatic rings. The highest BCUT2D eigenvalue weighted by molar-refractivity contribution is 6.00. The van der Waals surface area contributed by atoms with Crippen LogP contribution < -0.4 is 22.1 Å². The van der Waals surface area contributed by atoms with E-state index in [4.69, 9.17) is 22.3 Å². The van der Waals surface area contributed by atoms with Crippen LogP contribution in [0.15, 0.2) is 48.5 Å². The van der Waals surface area contributed by atoms with E-state index in [1.807, 2.05) is 0 Å². The zero-order valence-electron chi connectivity index (χ0n) is 22.2. The van der Waals surface area contributed by atoms with E-state index in [-0.39, 0.29) is 55.5 Å². The minimum absolute atomic E-state index is 0.0184. The molecule has 1 saturated heterocycles. The molecule has 4 amide bonds. The fourth-order valence-electron chi connectivity index (χ4n) is 4.31. The Labute approximate surface area is 235 Å². The van der Waals surface area contributed by atoms with Crippen LogP contribution in [-0.2, 0) is 19.2 Å². The van der Waals surface area contributed by atoms with Gasteiger partial charge in [0, 0.05) is 41.9 Å². The molecular weight excluding hydrogens is 532 g/mol. The van der Waals surface area contributed by atoms with Gasteiger partial charge in [-0.15, -0.1) is 0 Å². The zero-order chi connectivity index (χ0) is 30.1. The Morgan fingerprint density at radius 3 is 2.02 bits per heavy atom. The lowest BCUT2D eigenvalue weighted by molar-refractivity contribution is -0.155. The second-order valence-electron chi connectivity index (χ2n) is 9.36. The first-order chi connectivity index (χ1) is 19.5. The van der Waals surface area contributed by atoms with Gasteiger partial charge in [0.2, 0.25) is 17.7 Å². The van der Waals surface area contributed by atoms with Gasteiger partial charge < -0.3 is 37.0 Å². The molecule has 216 valence electrons. The van der Waals surface area contributed by atoms with E-state index in [0.29, 0.717) is 16.8 Å². The lowest BCUT2D eigenvalue weighted by Crippen LogP contribution is -2.60. The summed E-state index contributed by atoms with van der Waals surface area (Å²) in [5.74, 6) is -3.36. The lowest BCUT2D eigenvalue weighted by atomic mass is 10.0. The van der Waals surface area contributed by atoms with Gasteiger partial charge in [0.15, 0.2) is 0 Å². The molecule has 41 heavy (non-hydrogen) atoms. The minimum atomic E-state index is -1.19.